The van der Waals surface area contributed by atoms with Gasteiger partial charge in [-0.3, -0.25) is 0 Å². The minimum atomic E-state index is -1.48. The van der Waals surface area contributed by atoms with Gasteiger partial charge in [-0.1, -0.05) is 0 Å². The molecule has 0 unspecified atom stereocenters. The SMILES string of the molecule is CN(C(=O)NCC[C@H](O)C(=O)O)C(C)(C)CO. The molecule has 0 saturated heterocycles. The second-order valence-corrected chi connectivity index (χ2v) is 4.40. The number of rotatable bonds is 6. The lowest BCUT2D eigenvalue weighted by Crippen LogP contribution is -2.52. The Labute approximate surface area is 100 Å². The number of nitrogens with zero attached hydrogens (tertiary/aromatic N) is 1. The number of amides is 2. The molecule has 0 aromatic carbocycles. The van der Waals surface area contributed by atoms with Crippen molar-refractivity contribution in [3.05, 3.63) is 0 Å². The van der Waals surface area contributed by atoms with Gasteiger partial charge in [-0.05, 0) is 13.8 Å². The quantitative estimate of drug-likeness (QED) is 0.493. The van der Waals surface area contributed by atoms with E-state index in [9.17, 15) is 9.59 Å². The van der Waals surface area contributed by atoms with Crippen LogP contribution >= 0.6 is 0 Å². The molecule has 0 heterocycles. The maximum Gasteiger partial charge on any atom is 0.332 e. The van der Waals surface area contributed by atoms with Crippen molar-refractivity contribution in [1.82, 2.24) is 10.2 Å². The number of likely N-dealkylation sites (N-methyl/N-ethyl adjacent to an activating group) is 1. The number of hydrogen-bond donors (Lipinski definition) is 4. The maximum atomic E-state index is 11.6. The summed E-state index contributed by atoms with van der Waals surface area (Å²) in [5.41, 5.74) is -0.699. The summed E-state index contributed by atoms with van der Waals surface area (Å²) in [6, 6.07) is -0.429. The van der Waals surface area contributed by atoms with Crippen molar-refractivity contribution in [2.75, 3.05) is 20.2 Å². The first-order valence-electron chi connectivity index (χ1n) is 5.25. The number of hydrogen-bond acceptors (Lipinski definition) is 4. The molecule has 0 spiro atoms. The molecule has 0 aliphatic carbocycles. The summed E-state index contributed by atoms with van der Waals surface area (Å²) < 4.78 is 0. The van der Waals surface area contributed by atoms with Crippen LogP contribution in [0.25, 0.3) is 0 Å². The first-order chi connectivity index (χ1) is 7.72. The lowest BCUT2D eigenvalue weighted by atomic mass is 10.1. The molecule has 0 aromatic rings. The zero-order chi connectivity index (χ0) is 13.6. The van der Waals surface area contributed by atoms with Gasteiger partial charge in [-0.15, -0.1) is 0 Å². The molecule has 0 bridgehead atoms. The van der Waals surface area contributed by atoms with Crippen molar-refractivity contribution in [3.8, 4) is 0 Å². The number of carbonyl (C=O) groups is 2. The highest BCUT2D eigenvalue weighted by Crippen LogP contribution is 2.10. The third-order valence-electron chi connectivity index (χ3n) is 2.58. The van der Waals surface area contributed by atoms with E-state index in [1.807, 2.05) is 0 Å². The Kier molecular flexibility index (Phi) is 5.90. The molecule has 17 heavy (non-hydrogen) atoms. The molecule has 7 nitrogen and oxygen atoms in total. The minimum absolute atomic E-state index is 0.0537. The van der Waals surface area contributed by atoms with Crippen molar-refractivity contribution in [2.24, 2.45) is 0 Å². The predicted molar refractivity (Wildman–Crippen MR) is 60.6 cm³/mol. The van der Waals surface area contributed by atoms with Crippen molar-refractivity contribution < 1.29 is 24.9 Å². The van der Waals surface area contributed by atoms with Crippen LogP contribution in [0.1, 0.15) is 20.3 Å². The molecule has 7 heteroatoms. The van der Waals surface area contributed by atoms with Crippen molar-refractivity contribution >= 4 is 12.0 Å². The molecule has 0 aromatic heterocycles. The second kappa shape index (κ2) is 6.41. The molecule has 1 atom stereocenters. The minimum Gasteiger partial charge on any atom is -0.479 e. The van der Waals surface area contributed by atoms with E-state index in [2.05, 4.69) is 5.32 Å². The van der Waals surface area contributed by atoms with Gasteiger partial charge >= 0.3 is 12.0 Å². The van der Waals surface area contributed by atoms with Crippen LogP contribution in [0.3, 0.4) is 0 Å². The molecule has 0 radical (unpaired) electrons. The monoisotopic (exact) mass is 248 g/mol. The maximum absolute atomic E-state index is 11.6. The van der Waals surface area contributed by atoms with Crippen LogP contribution < -0.4 is 5.32 Å². The van der Waals surface area contributed by atoms with Gasteiger partial charge in [0.2, 0.25) is 0 Å². The second-order valence-electron chi connectivity index (χ2n) is 4.40. The smallest absolute Gasteiger partial charge is 0.332 e. The zero-order valence-corrected chi connectivity index (χ0v) is 10.3. The predicted octanol–water partition coefficient (Wildman–Crippen LogP) is -0.766. The average molecular weight is 248 g/mol. The molecule has 0 aliphatic rings. The summed E-state index contributed by atoms with van der Waals surface area (Å²) >= 11 is 0. The summed E-state index contributed by atoms with van der Waals surface area (Å²) in [4.78, 5) is 23.2. The number of nitrogens with one attached hydrogen (secondary N) is 1. The summed E-state index contributed by atoms with van der Waals surface area (Å²) in [7, 11) is 1.53. The largest absolute Gasteiger partial charge is 0.479 e. The molecular weight excluding hydrogens is 228 g/mol. The molecule has 0 fully saturated rings. The molecule has 0 rings (SSSR count). The Balaban J connectivity index is 4.07. The third kappa shape index (κ3) is 5.01. The van der Waals surface area contributed by atoms with Crippen LogP contribution in [0, 0.1) is 0 Å². The number of carbonyl (C=O) groups excluding carboxylic acids is 1. The van der Waals surface area contributed by atoms with Gasteiger partial charge in [0.05, 0.1) is 12.1 Å². The van der Waals surface area contributed by atoms with Crippen LogP contribution in [0.5, 0.6) is 0 Å². The lowest BCUT2D eigenvalue weighted by Gasteiger charge is -2.33. The van der Waals surface area contributed by atoms with Crippen molar-refractivity contribution in [3.63, 3.8) is 0 Å². The van der Waals surface area contributed by atoms with Gasteiger partial charge in [-0.2, -0.15) is 0 Å². The molecule has 4 N–H and O–H groups in total. The fourth-order valence-corrected chi connectivity index (χ4v) is 0.939. The Bertz CT molecular complexity index is 280. The summed E-state index contributed by atoms with van der Waals surface area (Å²) in [5, 5.41) is 28.9. The number of aliphatic carboxylic acids is 1. The Morgan fingerprint density at radius 3 is 2.35 bits per heavy atom. The molecule has 0 aliphatic heterocycles. The van der Waals surface area contributed by atoms with Crippen molar-refractivity contribution in [2.45, 2.75) is 31.9 Å². The highest BCUT2D eigenvalue weighted by Gasteiger charge is 2.26. The summed E-state index contributed by atoms with van der Waals surface area (Å²) in [6.07, 6.45) is -1.54. The summed E-state index contributed by atoms with van der Waals surface area (Å²) in [5.74, 6) is -1.32. The average Bonchev–Trinajstić information content (AvgIpc) is 2.27. The third-order valence-corrected chi connectivity index (χ3v) is 2.58. The topological polar surface area (TPSA) is 110 Å². The zero-order valence-electron chi connectivity index (χ0n) is 10.3. The first-order valence-corrected chi connectivity index (χ1v) is 5.25. The van der Waals surface area contributed by atoms with Gasteiger partial charge in [0, 0.05) is 20.0 Å². The highest BCUT2D eigenvalue weighted by molar-refractivity contribution is 5.75. The first kappa shape index (κ1) is 15.7. The Morgan fingerprint density at radius 2 is 1.94 bits per heavy atom. The highest BCUT2D eigenvalue weighted by atomic mass is 16.4. The fourth-order valence-electron chi connectivity index (χ4n) is 0.939. The van der Waals surface area contributed by atoms with Crippen LogP contribution in [0.15, 0.2) is 0 Å². The summed E-state index contributed by atoms with van der Waals surface area (Å²) in [6.45, 7) is 3.25. The van der Waals surface area contributed by atoms with E-state index in [4.69, 9.17) is 15.3 Å². The van der Waals surface area contributed by atoms with E-state index < -0.39 is 23.6 Å². The van der Waals surface area contributed by atoms with Crippen LogP contribution in [0.4, 0.5) is 4.79 Å². The van der Waals surface area contributed by atoms with Crippen LogP contribution in [-0.4, -0.2) is 64.1 Å². The lowest BCUT2D eigenvalue weighted by molar-refractivity contribution is -0.146. The number of aliphatic hydroxyl groups excluding tert-OH is 2. The fraction of sp³-hybridized carbons (Fsp3) is 0.800. The van der Waals surface area contributed by atoms with Gasteiger partial charge in [0.25, 0.3) is 0 Å². The van der Waals surface area contributed by atoms with Gasteiger partial charge in [0.1, 0.15) is 0 Å². The number of carboxylic acid groups (broad SMARTS) is 1. The van der Waals surface area contributed by atoms with Gasteiger partial charge < -0.3 is 25.5 Å². The molecule has 2 amide bonds. The number of urea groups is 1. The van der Waals surface area contributed by atoms with E-state index >= 15 is 0 Å². The van der Waals surface area contributed by atoms with Crippen molar-refractivity contribution in [1.29, 1.82) is 0 Å². The van der Waals surface area contributed by atoms with E-state index in [1.54, 1.807) is 13.8 Å². The molecule has 100 valence electrons. The van der Waals surface area contributed by atoms with E-state index in [-0.39, 0.29) is 19.6 Å². The van der Waals surface area contributed by atoms with E-state index in [0.717, 1.165) is 0 Å². The van der Waals surface area contributed by atoms with Gasteiger partial charge in [0.15, 0.2) is 6.10 Å². The normalized spacial score (nSPS) is 13.0. The van der Waals surface area contributed by atoms with Gasteiger partial charge in [-0.25, -0.2) is 9.59 Å². The Hall–Kier alpha value is -1.34. The standard InChI is InChI=1S/C10H20N2O5/c1-10(2,6-13)12(3)9(17)11-5-4-7(14)8(15)16/h7,13-14H,4-6H2,1-3H3,(H,11,17)(H,15,16)/t7-/m0/s1. The van der Waals surface area contributed by atoms with E-state index in [0.29, 0.717) is 0 Å². The van der Waals surface area contributed by atoms with Crippen LogP contribution in [0.2, 0.25) is 0 Å². The number of aliphatic hydroxyl groups is 2. The molecule has 0 saturated carbocycles. The van der Waals surface area contributed by atoms with E-state index in [1.165, 1.54) is 11.9 Å². The Morgan fingerprint density at radius 1 is 1.41 bits per heavy atom. The van der Waals surface area contributed by atoms with Crippen LogP contribution in [-0.2, 0) is 4.79 Å². The number of carboxylic acids is 1. The molecular formula is C10H20N2O5.